The molecule has 0 radical (unpaired) electrons. The first kappa shape index (κ1) is 31.6. The topological polar surface area (TPSA) is 65.2 Å². The van der Waals surface area contributed by atoms with Gasteiger partial charge in [0, 0.05) is 0 Å². The summed E-state index contributed by atoms with van der Waals surface area (Å²) in [4.78, 5) is 0. The average Bonchev–Trinajstić information content (AvgIpc) is 2.81. The molecule has 4 nitrogen and oxygen atoms in total. The maximum Gasteiger partial charge on any atom is 0.171 e. The van der Waals surface area contributed by atoms with Crippen LogP contribution in [0.15, 0.2) is 10.3 Å². The Bertz CT molecular complexity index is 406. The molecule has 2 N–H and O–H groups in total. The second-order valence-electron chi connectivity index (χ2n) is 8.87. The van der Waals surface area contributed by atoms with Gasteiger partial charge in [0.25, 0.3) is 0 Å². The van der Waals surface area contributed by atoms with Crippen LogP contribution in [0, 0.1) is 0 Å². The number of hydrogen-bond donors (Lipinski definition) is 2. The molecule has 0 aromatic carbocycles. The van der Waals surface area contributed by atoms with E-state index in [2.05, 4.69) is 24.2 Å². The first-order valence-corrected chi connectivity index (χ1v) is 15.5. The van der Waals surface area contributed by atoms with Crippen molar-refractivity contribution in [3.8, 4) is 0 Å². The van der Waals surface area contributed by atoms with E-state index < -0.39 is 0 Å². The van der Waals surface area contributed by atoms with Crippen LogP contribution in [-0.4, -0.2) is 32.0 Å². The Morgan fingerprint density at radius 3 is 0.938 bits per heavy atom. The van der Waals surface area contributed by atoms with Gasteiger partial charge in [0.05, 0.1) is 0 Å². The van der Waals surface area contributed by atoms with E-state index in [1.807, 2.05) is 0 Å². The number of hydrogen-bond acceptors (Lipinski definition) is 6. The van der Waals surface area contributed by atoms with Gasteiger partial charge in [0.2, 0.25) is 0 Å². The fraction of sp³-hybridized carbons (Fsp3) is 0.923. The zero-order valence-corrected chi connectivity index (χ0v) is 22.8. The van der Waals surface area contributed by atoms with Crippen LogP contribution in [0.4, 0.5) is 0 Å². The van der Waals surface area contributed by atoms with Crippen LogP contribution in [0.2, 0.25) is 0 Å². The molecule has 0 unspecified atom stereocenters. The van der Waals surface area contributed by atoms with Crippen LogP contribution in [0.1, 0.15) is 142 Å². The predicted molar refractivity (Wildman–Crippen MR) is 147 cm³/mol. The number of unbranched alkanes of at least 4 members (excludes halogenated alkanes) is 18. The highest BCUT2D eigenvalue weighted by atomic mass is 32.2. The summed E-state index contributed by atoms with van der Waals surface area (Å²) in [5.74, 6) is 1.82. The maximum absolute atomic E-state index is 9.33. The SMILES string of the molecule is CCCCCCCCCCCCSC(=N\O)/C(=N/O)SCCCCCCCCCCCC. The van der Waals surface area contributed by atoms with Gasteiger partial charge in [-0.3, -0.25) is 0 Å². The highest BCUT2D eigenvalue weighted by Gasteiger charge is 2.12. The van der Waals surface area contributed by atoms with E-state index in [1.54, 1.807) is 0 Å². The maximum atomic E-state index is 9.33. The summed E-state index contributed by atoms with van der Waals surface area (Å²) in [6, 6.07) is 0. The lowest BCUT2D eigenvalue weighted by molar-refractivity contribution is 0.316. The van der Waals surface area contributed by atoms with Crippen LogP contribution in [-0.2, 0) is 0 Å². The highest BCUT2D eigenvalue weighted by molar-refractivity contribution is 8.25. The molecule has 0 bridgehead atoms. The van der Waals surface area contributed by atoms with Crippen molar-refractivity contribution in [3.05, 3.63) is 0 Å². The van der Waals surface area contributed by atoms with Crippen LogP contribution in [0.5, 0.6) is 0 Å². The summed E-state index contributed by atoms with van der Waals surface area (Å²) in [6.07, 6.45) is 26.3. The van der Waals surface area contributed by atoms with Crippen LogP contribution < -0.4 is 0 Å². The van der Waals surface area contributed by atoms with Crippen molar-refractivity contribution in [2.45, 2.75) is 142 Å². The van der Waals surface area contributed by atoms with E-state index in [0.717, 1.165) is 24.3 Å². The first-order chi connectivity index (χ1) is 15.8. The first-order valence-electron chi connectivity index (χ1n) is 13.5. The molecule has 32 heavy (non-hydrogen) atoms. The lowest BCUT2D eigenvalue weighted by atomic mass is 10.1. The normalized spacial score (nSPS) is 12.6. The number of rotatable bonds is 22. The van der Waals surface area contributed by atoms with E-state index in [4.69, 9.17) is 0 Å². The van der Waals surface area contributed by atoms with Crippen molar-refractivity contribution in [1.29, 1.82) is 0 Å². The number of oxime groups is 2. The molecule has 190 valence electrons. The van der Waals surface area contributed by atoms with E-state index in [1.165, 1.54) is 139 Å². The standard InChI is InChI=1S/C26H52N2O2S2/c1-3-5-7-9-11-13-15-17-19-21-23-31-25(27-29)26(28-30)32-24-22-20-18-16-14-12-10-8-6-4-2/h29-30H,3-24H2,1-2H3/b27-25-,28-26-. The van der Waals surface area contributed by atoms with Crippen LogP contribution >= 0.6 is 23.5 Å². The molecule has 0 aliphatic rings. The molecule has 0 saturated carbocycles. The zero-order valence-electron chi connectivity index (χ0n) is 21.2. The molecule has 0 aliphatic carbocycles. The quantitative estimate of drug-likeness (QED) is 0.0523. The molecule has 0 aromatic rings. The Morgan fingerprint density at radius 2 is 0.688 bits per heavy atom. The molecule has 0 amide bonds. The minimum atomic E-state index is 0.459. The second kappa shape index (κ2) is 26.9. The van der Waals surface area contributed by atoms with Gasteiger partial charge in [-0.15, -0.1) is 23.5 Å². The van der Waals surface area contributed by atoms with Crippen molar-refractivity contribution in [1.82, 2.24) is 0 Å². The van der Waals surface area contributed by atoms with Crippen LogP contribution in [0.3, 0.4) is 0 Å². The molecule has 0 rings (SSSR count). The van der Waals surface area contributed by atoms with Crippen molar-refractivity contribution < 1.29 is 10.4 Å². The minimum absolute atomic E-state index is 0.459. The molecule has 0 saturated heterocycles. The van der Waals surface area contributed by atoms with E-state index in [0.29, 0.717) is 10.1 Å². The molecule has 6 heteroatoms. The molecule has 0 heterocycles. The molecule has 0 aliphatic heterocycles. The molecule has 0 spiro atoms. The van der Waals surface area contributed by atoms with E-state index in [-0.39, 0.29) is 0 Å². The second-order valence-corrected chi connectivity index (χ2v) is 11.0. The van der Waals surface area contributed by atoms with Crippen LogP contribution in [0.25, 0.3) is 0 Å². The summed E-state index contributed by atoms with van der Waals surface area (Å²) in [7, 11) is 0. The third kappa shape index (κ3) is 21.5. The highest BCUT2D eigenvalue weighted by Crippen LogP contribution is 2.19. The smallest absolute Gasteiger partial charge is 0.171 e. The summed E-state index contributed by atoms with van der Waals surface area (Å²) < 4.78 is 0. The van der Waals surface area contributed by atoms with Gasteiger partial charge < -0.3 is 10.4 Å². The summed E-state index contributed by atoms with van der Waals surface area (Å²) in [5.41, 5.74) is 0. The van der Waals surface area contributed by atoms with Crippen molar-refractivity contribution in [2.75, 3.05) is 11.5 Å². The van der Waals surface area contributed by atoms with Gasteiger partial charge in [-0.05, 0) is 24.3 Å². The third-order valence-corrected chi connectivity index (χ3v) is 8.05. The lowest BCUT2D eigenvalue weighted by Gasteiger charge is -2.07. The summed E-state index contributed by atoms with van der Waals surface area (Å²) in [6.45, 7) is 4.52. The van der Waals surface area contributed by atoms with E-state index >= 15 is 0 Å². The molecule has 0 fully saturated rings. The fourth-order valence-electron chi connectivity index (χ4n) is 3.78. The zero-order chi connectivity index (χ0) is 23.5. The Labute approximate surface area is 207 Å². The Hall–Kier alpha value is -0.360. The largest absolute Gasteiger partial charge is 0.410 e. The molecule has 0 atom stereocenters. The van der Waals surface area contributed by atoms with Crippen molar-refractivity contribution in [3.63, 3.8) is 0 Å². The predicted octanol–water partition coefficient (Wildman–Crippen LogP) is 9.87. The average molecular weight is 489 g/mol. The molecule has 0 aromatic heterocycles. The lowest BCUT2D eigenvalue weighted by Crippen LogP contribution is -2.08. The van der Waals surface area contributed by atoms with Gasteiger partial charge in [0.1, 0.15) is 0 Å². The van der Waals surface area contributed by atoms with Crippen molar-refractivity contribution in [2.24, 2.45) is 10.3 Å². The van der Waals surface area contributed by atoms with E-state index in [9.17, 15) is 10.4 Å². The third-order valence-electron chi connectivity index (χ3n) is 5.84. The van der Waals surface area contributed by atoms with Gasteiger partial charge >= 0.3 is 0 Å². The molecular formula is C26H52N2O2S2. The van der Waals surface area contributed by atoms with Gasteiger partial charge in [-0.1, -0.05) is 140 Å². The van der Waals surface area contributed by atoms with Gasteiger partial charge in [0.15, 0.2) is 10.1 Å². The summed E-state index contributed by atoms with van der Waals surface area (Å²) in [5, 5.41) is 26.3. The summed E-state index contributed by atoms with van der Waals surface area (Å²) >= 11 is 3.01. The minimum Gasteiger partial charge on any atom is -0.410 e. The Balaban J connectivity index is 3.64. The fourth-order valence-corrected chi connectivity index (χ4v) is 5.66. The van der Waals surface area contributed by atoms with Crippen molar-refractivity contribution >= 4 is 33.6 Å². The monoisotopic (exact) mass is 488 g/mol. The van der Waals surface area contributed by atoms with Gasteiger partial charge in [-0.2, -0.15) is 0 Å². The number of thioether (sulfide) groups is 2. The number of nitrogens with zero attached hydrogens (tertiary/aromatic N) is 2. The Morgan fingerprint density at radius 1 is 0.438 bits per heavy atom. The molecular weight excluding hydrogens is 436 g/mol. The Kier molecular flexibility index (Phi) is 26.6. The van der Waals surface area contributed by atoms with Gasteiger partial charge in [-0.25, -0.2) is 0 Å².